The maximum atomic E-state index is 8.95. The van der Waals surface area contributed by atoms with Crippen molar-refractivity contribution >= 4 is 0 Å². The Balaban J connectivity index is 2.00. The van der Waals surface area contributed by atoms with Crippen LogP contribution in [0.4, 0.5) is 0 Å². The molecule has 1 fully saturated rings. The Kier molecular flexibility index (Phi) is 2.73. The number of rotatable bonds is 4. The van der Waals surface area contributed by atoms with Crippen LogP contribution < -0.4 is 4.74 Å². The van der Waals surface area contributed by atoms with Crippen molar-refractivity contribution in [3.8, 4) is 5.75 Å². The first-order valence-electron chi connectivity index (χ1n) is 5.18. The normalized spacial score (nSPS) is 24.7. The zero-order valence-corrected chi connectivity index (χ0v) is 8.44. The quantitative estimate of drug-likeness (QED) is 0.792. The average molecular weight is 192 g/mol. The summed E-state index contributed by atoms with van der Waals surface area (Å²) in [7, 11) is 0. The molecule has 1 aromatic rings. The van der Waals surface area contributed by atoms with Gasteiger partial charge in [0, 0.05) is 6.61 Å². The lowest BCUT2D eigenvalue weighted by Gasteiger charge is -2.04. The average Bonchev–Trinajstić information content (AvgIpc) is 2.99. The zero-order valence-electron chi connectivity index (χ0n) is 8.44. The third-order valence-electron chi connectivity index (χ3n) is 2.78. The highest BCUT2D eigenvalue weighted by Crippen LogP contribution is 2.47. The fourth-order valence-corrected chi connectivity index (χ4v) is 1.84. The van der Waals surface area contributed by atoms with E-state index in [2.05, 4.69) is 12.1 Å². The van der Waals surface area contributed by atoms with Gasteiger partial charge in [-0.3, -0.25) is 0 Å². The number of ether oxygens (including phenoxy) is 1. The first-order valence-corrected chi connectivity index (χ1v) is 5.18. The topological polar surface area (TPSA) is 29.5 Å². The molecule has 1 aliphatic rings. The van der Waals surface area contributed by atoms with E-state index in [9.17, 15) is 0 Å². The summed E-state index contributed by atoms with van der Waals surface area (Å²) in [6.07, 6.45) is 1.13. The van der Waals surface area contributed by atoms with Crippen LogP contribution in [0.3, 0.4) is 0 Å². The van der Waals surface area contributed by atoms with Crippen LogP contribution in [0, 0.1) is 5.92 Å². The molecule has 2 nitrogen and oxygen atoms in total. The third kappa shape index (κ3) is 1.90. The van der Waals surface area contributed by atoms with Crippen molar-refractivity contribution in [3.05, 3.63) is 29.8 Å². The van der Waals surface area contributed by atoms with Crippen LogP contribution in [0.5, 0.6) is 5.75 Å². The fourth-order valence-electron chi connectivity index (χ4n) is 1.84. The van der Waals surface area contributed by atoms with Crippen molar-refractivity contribution < 1.29 is 9.84 Å². The van der Waals surface area contributed by atoms with E-state index in [0.717, 1.165) is 12.2 Å². The van der Waals surface area contributed by atoms with Crippen LogP contribution in [0.1, 0.15) is 24.8 Å². The van der Waals surface area contributed by atoms with Crippen LogP contribution in [-0.4, -0.2) is 18.3 Å². The molecule has 0 radical (unpaired) electrons. The first kappa shape index (κ1) is 9.53. The summed E-state index contributed by atoms with van der Waals surface area (Å²) in [5.74, 6) is 2.00. The van der Waals surface area contributed by atoms with Gasteiger partial charge in [-0.05, 0) is 42.9 Å². The summed E-state index contributed by atoms with van der Waals surface area (Å²) in [4.78, 5) is 0. The van der Waals surface area contributed by atoms with Crippen molar-refractivity contribution in [1.29, 1.82) is 0 Å². The van der Waals surface area contributed by atoms with Gasteiger partial charge in [0.1, 0.15) is 5.75 Å². The van der Waals surface area contributed by atoms with E-state index in [1.165, 1.54) is 5.56 Å². The lowest BCUT2D eigenvalue weighted by molar-refractivity contribution is 0.274. The minimum Gasteiger partial charge on any atom is -0.494 e. The third-order valence-corrected chi connectivity index (χ3v) is 2.78. The molecular weight excluding hydrogens is 176 g/mol. The molecule has 0 unspecified atom stereocenters. The predicted molar refractivity (Wildman–Crippen MR) is 55.5 cm³/mol. The molecule has 2 heteroatoms. The fraction of sp³-hybridized carbons (Fsp3) is 0.500. The standard InChI is InChI=1S/C12H16O2/c1-2-14-11-5-3-9(4-6-11)12-7-10(12)8-13/h3-6,10,12-13H,2,7-8H2,1H3/t10-,12-/m1/s1. The van der Waals surface area contributed by atoms with E-state index in [1.54, 1.807) is 0 Å². The van der Waals surface area contributed by atoms with Crippen LogP contribution in [0.15, 0.2) is 24.3 Å². The van der Waals surface area contributed by atoms with Gasteiger partial charge < -0.3 is 9.84 Å². The Labute approximate surface area is 84.5 Å². The van der Waals surface area contributed by atoms with Gasteiger partial charge in [-0.2, -0.15) is 0 Å². The minimum atomic E-state index is 0.317. The van der Waals surface area contributed by atoms with Gasteiger partial charge in [0.25, 0.3) is 0 Å². The van der Waals surface area contributed by atoms with Crippen LogP contribution >= 0.6 is 0 Å². The summed E-state index contributed by atoms with van der Waals surface area (Å²) in [5.41, 5.74) is 1.33. The monoisotopic (exact) mass is 192 g/mol. The minimum absolute atomic E-state index is 0.317. The van der Waals surface area contributed by atoms with E-state index in [0.29, 0.717) is 25.0 Å². The molecule has 0 amide bonds. The van der Waals surface area contributed by atoms with E-state index in [4.69, 9.17) is 9.84 Å². The molecule has 0 saturated heterocycles. The molecule has 1 N–H and O–H groups in total. The van der Waals surface area contributed by atoms with Gasteiger partial charge in [0.2, 0.25) is 0 Å². The molecule has 76 valence electrons. The van der Waals surface area contributed by atoms with Gasteiger partial charge in [-0.15, -0.1) is 0 Å². The maximum Gasteiger partial charge on any atom is 0.119 e. The molecule has 14 heavy (non-hydrogen) atoms. The Bertz CT molecular complexity index is 292. The second-order valence-electron chi connectivity index (χ2n) is 3.79. The second kappa shape index (κ2) is 4.01. The Morgan fingerprint density at radius 3 is 2.57 bits per heavy atom. The second-order valence-corrected chi connectivity index (χ2v) is 3.79. The van der Waals surface area contributed by atoms with Crippen molar-refractivity contribution in [2.24, 2.45) is 5.92 Å². The summed E-state index contributed by atoms with van der Waals surface area (Å²) < 4.78 is 5.36. The highest BCUT2D eigenvalue weighted by Gasteiger charge is 2.37. The number of hydrogen-bond acceptors (Lipinski definition) is 2. The van der Waals surface area contributed by atoms with E-state index in [-0.39, 0.29) is 0 Å². The van der Waals surface area contributed by atoms with Crippen LogP contribution in [-0.2, 0) is 0 Å². The highest BCUT2D eigenvalue weighted by atomic mass is 16.5. The van der Waals surface area contributed by atoms with Gasteiger partial charge >= 0.3 is 0 Å². The van der Waals surface area contributed by atoms with Crippen molar-refractivity contribution in [3.63, 3.8) is 0 Å². The Hall–Kier alpha value is -1.02. The smallest absolute Gasteiger partial charge is 0.119 e. The molecule has 0 aromatic heterocycles. The van der Waals surface area contributed by atoms with Crippen molar-refractivity contribution in [1.82, 2.24) is 0 Å². The summed E-state index contributed by atoms with van der Waals surface area (Å²) in [5, 5.41) is 8.95. The number of aliphatic hydroxyl groups excluding tert-OH is 1. The van der Waals surface area contributed by atoms with Crippen LogP contribution in [0.25, 0.3) is 0 Å². The molecular formula is C12H16O2. The van der Waals surface area contributed by atoms with Gasteiger partial charge in [0.05, 0.1) is 6.61 Å². The van der Waals surface area contributed by atoms with E-state index in [1.807, 2.05) is 19.1 Å². The molecule has 1 aliphatic carbocycles. The van der Waals surface area contributed by atoms with Gasteiger partial charge in [-0.1, -0.05) is 12.1 Å². The van der Waals surface area contributed by atoms with Gasteiger partial charge in [0.15, 0.2) is 0 Å². The maximum absolute atomic E-state index is 8.95. The molecule has 2 rings (SSSR count). The van der Waals surface area contributed by atoms with E-state index >= 15 is 0 Å². The molecule has 0 spiro atoms. The molecule has 0 heterocycles. The predicted octanol–water partition coefficient (Wildman–Crippen LogP) is 2.18. The molecule has 1 saturated carbocycles. The zero-order chi connectivity index (χ0) is 9.97. The highest BCUT2D eigenvalue weighted by molar-refractivity contribution is 5.32. The number of benzene rings is 1. The van der Waals surface area contributed by atoms with Gasteiger partial charge in [-0.25, -0.2) is 0 Å². The molecule has 1 aromatic carbocycles. The number of hydrogen-bond donors (Lipinski definition) is 1. The summed E-state index contributed by atoms with van der Waals surface area (Å²) in [6, 6.07) is 8.22. The first-order chi connectivity index (χ1) is 6.85. The largest absolute Gasteiger partial charge is 0.494 e. The van der Waals surface area contributed by atoms with Crippen molar-refractivity contribution in [2.45, 2.75) is 19.3 Å². The molecule has 2 atom stereocenters. The van der Waals surface area contributed by atoms with E-state index < -0.39 is 0 Å². The Morgan fingerprint density at radius 1 is 1.36 bits per heavy atom. The van der Waals surface area contributed by atoms with Crippen molar-refractivity contribution in [2.75, 3.05) is 13.2 Å². The molecule has 0 bridgehead atoms. The SMILES string of the molecule is CCOc1ccc([C@H]2C[C@@H]2CO)cc1. The lowest BCUT2D eigenvalue weighted by Crippen LogP contribution is -1.92. The summed E-state index contributed by atoms with van der Waals surface area (Å²) >= 11 is 0. The molecule has 0 aliphatic heterocycles. The summed E-state index contributed by atoms with van der Waals surface area (Å²) in [6.45, 7) is 3.01. The van der Waals surface area contributed by atoms with Crippen LogP contribution in [0.2, 0.25) is 0 Å². The lowest BCUT2D eigenvalue weighted by atomic mass is 10.1. The Morgan fingerprint density at radius 2 is 2.07 bits per heavy atom. The number of aliphatic hydroxyl groups is 1.